The van der Waals surface area contributed by atoms with Gasteiger partial charge in [-0.1, -0.05) is 19.1 Å². The number of likely N-dealkylation sites (tertiary alicyclic amines) is 1. The average molecular weight is 288 g/mol. The molecule has 1 aromatic rings. The summed E-state index contributed by atoms with van der Waals surface area (Å²) in [6, 6.07) is 9.81. The van der Waals surface area contributed by atoms with Crippen LogP contribution >= 0.6 is 0 Å². The fourth-order valence-corrected chi connectivity index (χ4v) is 3.48. The highest BCUT2D eigenvalue weighted by Crippen LogP contribution is 2.41. The molecule has 1 aromatic carbocycles. The van der Waals surface area contributed by atoms with Crippen LogP contribution < -0.4 is 10.1 Å². The van der Waals surface area contributed by atoms with Crippen molar-refractivity contribution in [3.8, 4) is 5.75 Å². The van der Waals surface area contributed by atoms with Gasteiger partial charge in [0.25, 0.3) is 0 Å². The van der Waals surface area contributed by atoms with Crippen LogP contribution in [0.15, 0.2) is 24.3 Å². The van der Waals surface area contributed by atoms with E-state index in [0.29, 0.717) is 12.1 Å². The van der Waals surface area contributed by atoms with E-state index in [1.165, 1.54) is 50.9 Å². The highest BCUT2D eigenvalue weighted by Gasteiger charge is 2.34. The first-order valence-corrected chi connectivity index (χ1v) is 8.42. The molecule has 2 atom stereocenters. The van der Waals surface area contributed by atoms with Crippen LogP contribution in [0, 0.1) is 5.92 Å². The summed E-state index contributed by atoms with van der Waals surface area (Å²) in [5.74, 6) is 1.78. The van der Waals surface area contributed by atoms with E-state index in [1.54, 1.807) is 7.11 Å². The normalized spacial score (nSPS) is 24.8. The number of methoxy groups -OCH3 is 1. The molecule has 1 saturated heterocycles. The zero-order chi connectivity index (χ0) is 14.7. The van der Waals surface area contributed by atoms with E-state index in [0.717, 1.165) is 11.7 Å². The minimum Gasteiger partial charge on any atom is -0.497 e. The second kappa shape index (κ2) is 6.80. The van der Waals surface area contributed by atoms with Gasteiger partial charge < -0.3 is 15.0 Å². The topological polar surface area (TPSA) is 24.5 Å². The summed E-state index contributed by atoms with van der Waals surface area (Å²) >= 11 is 0. The fraction of sp³-hybridized carbons (Fsp3) is 0.667. The molecule has 0 spiro atoms. The highest BCUT2D eigenvalue weighted by atomic mass is 16.5. The van der Waals surface area contributed by atoms with Gasteiger partial charge >= 0.3 is 0 Å². The standard InChI is InChI=1S/C18H28N2O/c1-3-20-12-4-5-16(13-20)19-18(14-6-7-14)15-8-10-17(21-2)11-9-15/h8-11,14,16,18-19H,3-7,12-13H2,1-2H3. The largest absolute Gasteiger partial charge is 0.497 e. The van der Waals surface area contributed by atoms with E-state index in [1.807, 2.05) is 0 Å². The summed E-state index contributed by atoms with van der Waals surface area (Å²) in [6.07, 6.45) is 5.38. The maximum absolute atomic E-state index is 5.28. The van der Waals surface area contributed by atoms with Crippen molar-refractivity contribution in [2.75, 3.05) is 26.7 Å². The molecule has 1 N–H and O–H groups in total. The van der Waals surface area contributed by atoms with E-state index < -0.39 is 0 Å². The lowest BCUT2D eigenvalue weighted by molar-refractivity contribution is 0.187. The molecule has 1 aliphatic heterocycles. The third-order valence-electron chi connectivity index (χ3n) is 4.94. The zero-order valence-corrected chi connectivity index (χ0v) is 13.3. The van der Waals surface area contributed by atoms with Crippen molar-refractivity contribution < 1.29 is 4.74 Å². The van der Waals surface area contributed by atoms with Crippen LogP contribution in [0.1, 0.15) is 44.2 Å². The van der Waals surface area contributed by atoms with Gasteiger partial charge in [-0.3, -0.25) is 0 Å². The smallest absolute Gasteiger partial charge is 0.118 e. The molecule has 3 rings (SSSR count). The van der Waals surface area contributed by atoms with Crippen molar-refractivity contribution in [3.05, 3.63) is 29.8 Å². The first-order chi connectivity index (χ1) is 10.3. The van der Waals surface area contributed by atoms with Gasteiger partial charge in [-0.2, -0.15) is 0 Å². The first-order valence-electron chi connectivity index (χ1n) is 8.42. The number of piperidine rings is 1. The van der Waals surface area contributed by atoms with Gasteiger partial charge in [0.1, 0.15) is 5.75 Å². The molecular formula is C18H28N2O. The molecule has 0 radical (unpaired) electrons. The molecule has 116 valence electrons. The Morgan fingerprint density at radius 2 is 2.00 bits per heavy atom. The second-order valence-corrected chi connectivity index (χ2v) is 6.49. The molecule has 2 unspecified atom stereocenters. The summed E-state index contributed by atoms with van der Waals surface area (Å²) in [5.41, 5.74) is 1.42. The quantitative estimate of drug-likeness (QED) is 0.870. The van der Waals surface area contributed by atoms with Gasteiger partial charge in [0.2, 0.25) is 0 Å². The van der Waals surface area contributed by atoms with Gasteiger partial charge in [-0.25, -0.2) is 0 Å². The highest BCUT2D eigenvalue weighted by molar-refractivity contribution is 5.30. The number of ether oxygens (including phenoxy) is 1. The Morgan fingerprint density at radius 1 is 1.24 bits per heavy atom. The molecule has 3 heteroatoms. The van der Waals surface area contributed by atoms with Crippen molar-refractivity contribution in [2.45, 2.75) is 44.7 Å². The predicted octanol–water partition coefficient (Wildman–Crippen LogP) is 3.22. The van der Waals surface area contributed by atoms with E-state index in [9.17, 15) is 0 Å². The maximum atomic E-state index is 5.28. The van der Waals surface area contributed by atoms with Crippen LogP contribution in [0.2, 0.25) is 0 Å². The number of likely N-dealkylation sites (N-methyl/N-ethyl adjacent to an activating group) is 1. The van der Waals surface area contributed by atoms with Gasteiger partial charge in [0.05, 0.1) is 7.11 Å². The van der Waals surface area contributed by atoms with Crippen LogP contribution in [0.5, 0.6) is 5.75 Å². The Labute approximate surface area is 128 Å². The Kier molecular flexibility index (Phi) is 4.81. The molecule has 2 fully saturated rings. The Balaban J connectivity index is 1.66. The molecule has 1 aliphatic carbocycles. The Morgan fingerprint density at radius 3 is 2.62 bits per heavy atom. The van der Waals surface area contributed by atoms with Crippen molar-refractivity contribution in [2.24, 2.45) is 5.92 Å². The summed E-state index contributed by atoms with van der Waals surface area (Å²) in [5, 5.41) is 3.95. The van der Waals surface area contributed by atoms with Crippen LogP contribution in [-0.2, 0) is 0 Å². The Bertz CT molecular complexity index is 441. The third kappa shape index (κ3) is 3.78. The minimum atomic E-state index is 0.526. The fourth-order valence-electron chi connectivity index (χ4n) is 3.48. The van der Waals surface area contributed by atoms with Crippen molar-refractivity contribution in [1.29, 1.82) is 0 Å². The van der Waals surface area contributed by atoms with Crippen LogP contribution in [-0.4, -0.2) is 37.7 Å². The molecule has 1 saturated carbocycles. The molecule has 0 amide bonds. The van der Waals surface area contributed by atoms with Gasteiger partial charge in [0, 0.05) is 18.6 Å². The number of hydrogen-bond acceptors (Lipinski definition) is 3. The summed E-state index contributed by atoms with van der Waals surface area (Å²) < 4.78 is 5.28. The number of rotatable bonds is 6. The number of benzene rings is 1. The van der Waals surface area contributed by atoms with E-state index in [-0.39, 0.29) is 0 Å². The number of nitrogens with zero attached hydrogens (tertiary/aromatic N) is 1. The molecule has 2 aliphatic rings. The lowest BCUT2D eigenvalue weighted by atomic mass is 9.98. The summed E-state index contributed by atoms with van der Waals surface area (Å²) in [7, 11) is 1.73. The molecule has 3 nitrogen and oxygen atoms in total. The SMILES string of the molecule is CCN1CCCC(NC(c2ccc(OC)cc2)C2CC2)C1. The molecular weight excluding hydrogens is 260 g/mol. The van der Waals surface area contributed by atoms with Gasteiger partial charge in [-0.15, -0.1) is 0 Å². The average Bonchev–Trinajstić information content (AvgIpc) is 3.38. The summed E-state index contributed by atoms with van der Waals surface area (Å²) in [6.45, 7) is 5.92. The molecule has 0 aromatic heterocycles. The van der Waals surface area contributed by atoms with Crippen LogP contribution in [0.25, 0.3) is 0 Å². The number of nitrogens with one attached hydrogen (secondary N) is 1. The monoisotopic (exact) mass is 288 g/mol. The zero-order valence-electron chi connectivity index (χ0n) is 13.3. The number of hydrogen-bond donors (Lipinski definition) is 1. The maximum Gasteiger partial charge on any atom is 0.118 e. The second-order valence-electron chi connectivity index (χ2n) is 6.49. The van der Waals surface area contributed by atoms with Gasteiger partial charge in [0.15, 0.2) is 0 Å². The predicted molar refractivity (Wildman–Crippen MR) is 86.7 cm³/mol. The molecule has 1 heterocycles. The molecule has 21 heavy (non-hydrogen) atoms. The Hall–Kier alpha value is -1.06. The van der Waals surface area contributed by atoms with Crippen LogP contribution in [0.3, 0.4) is 0 Å². The van der Waals surface area contributed by atoms with E-state index in [2.05, 4.69) is 41.4 Å². The molecule has 0 bridgehead atoms. The third-order valence-corrected chi connectivity index (χ3v) is 4.94. The van der Waals surface area contributed by atoms with Gasteiger partial charge in [-0.05, 0) is 62.4 Å². The van der Waals surface area contributed by atoms with Crippen molar-refractivity contribution >= 4 is 0 Å². The first kappa shape index (κ1) is 14.9. The van der Waals surface area contributed by atoms with E-state index in [4.69, 9.17) is 4.74 Å². The lowest BCUT2D eigenvalue weighted by Crippen LogP contribution is -2.47. The summed E-state index contributed by atoms with van der Waals surface area (Å²) in [4.78, 5) is 2.57. The van der Waals surface area contributed by atoms with Crippen molar-refractivity contribution in [3.63, 3.8) is 0 Å². The van der Waals surface area contributed by atoms with E-state index >= 15 is 0 Å². The lowest BCUT2D eigenvalue weighted by Gasteiger charge is -2.35. The van der Waals surface area contributed by atoms with Crippen LogP contribution in [0.4, 0.5) is 0 Å². The van der Waals surface area contributed by atoms with Crippen molar-refractivity contribution in [1.82, 2.24) is 10.2 Å². The minimum absolute atomic E-state index is 0.526.